The normalized spacial score (nSPS) is 19.8. The first kappa shape index (κ1) is 15.7. The highest BCUT2D eigenvalue weighted by Gasteiger charge is 2.46. The number of phenols is 1. The fourth-order valence-electron chi connectivity index (χ4n) is 2.44. The van der Waals surface area contributed by atoms with E-state index in [-0.39, 0.29) is 11.5 Å². The summed E-state index contributed by atoms with van der Waals surface area (Å²) < 4.78 is 41.7. The molecule has 0 saturated carbocycles. The summed E-state index contributed by atoms with van der Waals surface area (Å²) in [5.74, 6) is 0.609. The van der Waals surface area contributed by atoms with Crippen LogP contribution in [0.3, 0.4) is 0 Å². The quantitative estimate of drug-likeness (QED) is 0.866. The van der Waals surface area contributed by atoms with Gasteiger partial charge in [0.25, 0.3) is 0 Å². The minimum Gasteiger partial charge on any atom is -0.504 e. The molecule has 1 aliphatic heterocycles. The van der Waals surface area contributed by atoms with Gasteiger partial charge in [0.2, 0.25) is 15.8 Å². The lowest BCUT2D eigenvalue weighted by atomic mass is 9.94. The first-order valence-corrected chi connectivity index (χ1v) is 8.14. The molecule has 1 aliphatic rings. The molecule has 7 nitrogen and oxygen atoms in total. The minimum absolute atomic E-state index is 0.137. The molecule has 0 aromatic heterocycles. The number of ether oxygens (including phenoxy) is 3. The van der Waals surface area contributed by atoms with Crippen LogP contribution in [0, 0.1) is 0 Å². The molecule has 1 unspecified atom stereocenters. The number of nitrogens with one attached hydrogen (secondary N) is 1. The van der Waals surface area contributed by atoms with Gasteiger partial charge in [-0.1, -0.05) is 0 Å². The van der Waals surface area contributed by atoms with Crippen LogP contribution in [0.1, 0.15) is 25.5 Å². The molecule has 21 heavy (non-hydrogen) atoms. The molecule has 1 aromatic carbocycles. The minimum atomic E-state index is -3.49. The Morgan fingerprint density at radius 3 is 2.43 bits per heavy atom. The molecule has 0 bridgehead atoms. The number of phenolic OH excluding ortho intramolecular Hbond substituents is 1. The second kappa shape index (κ2) is 4.96. The summed E-state index contributed by atoms with van der Waals surface area (Å²) in [4.78, 5) is 0. The second-order valence-corrected chi connectivity index (χ2v) is 7.18. The van der Waals surface area contributed by atoms with Crippen molar-refractivity contribution in [1.82, 2.24) is 4.72 Å². The van der Waals surface area contributed by atoms with Crippen LogP contribution in [0.2, 0.25) is 0 Å². The van der Waals surface area contributed by atoms with E-state index < -0.39 is 21.7 Å². The predicted octanol–water partition coefficient (Wildman–Crippen LogP) is 1.17. The molecule has 8 heteroatoms. The van der Waals surface area contributed by atoms with Crippen molar-refractivity contribution in [1.29, 1.82) is 0 Å². The summed E-state index contributed by atoms with van der Waals surface area (Å²) in [6.45, 7) is 3.46. The van der Waals surface area contributed by atoms with Crippen LogP contribution in [-0.4, -0.2) is 39.6 Å². The fraction of sp³-hybridized carbons (Fsp3) is 0.538. The highest BCUT2D eigenvalue weighted by atomic mass is 32.2. The van der Waals surface area contributed by atoms with Gasteiger partial charge < -0.3 is 19.3 Å². The first-order chi connectivity index (χ1) is 9.60. The molecule has 2 rings (SSSR count). The third kappa shape index (κ3) is 2.73. The zero-order valence-electron chi connectivity index (χ0n) is 12.6. The number of benzene rings is 1. The van der Waals surface area contributed by atoms with Crippen molar-refractivity contribution >= 4 is 10.0 Å². The van der Waals surface area contributed by atoms with Crippen molar-refractivity contribution in [3.05, 3.63) is 11.6 Å². The van der Waals surface area contributed by atoms with Crippen molar-refractivity contribution in [2.45, 2.75) is 25.5 Å². The Labute approximate surface area is 123 Å². The van der Waals surface area contributed by atoms with E-state index in [9.17, 15) is 13.5 Å². The number of fused-ring (bicyclic) bond motifs is 1. The Bertz CT molecular complexity index is 668. The molecule has 0 radical (unpaired) electrons. The van der Waals surface area contributed by atoms with Gasteiger partial charge in [0.1, 0.15) is 11.4 Å². The van der Waals surface area contributed by atoms with Gasteiger partial charge in [-0.25, -0.2) is 13.1 Å². The van der Waals surface area contributed by atoms with Crippen LogP contribution in [0.25, 0.3) is 0 Å². The van der Waals surface area contributed by atoms with Crippen LogP contribution in [0.5, 0.6) is 23.0 Å². The van der Waals surface area contributed by atoms with Crippen molar-refractivity contribution in [2.24, 2.45) is 0 Å². The lowest BCUT2D eigenvalue weighted by Gasteiger charge is -2.26. The smallest absolute Gasteiger partial charge is 0.209 e. The van der Waals surface area contributed by atoms with Gasteiger partial charge in [0.05, 0.1) is 32.1 Å². The lowest BCUT2D eigenvalue weighted by Crippen LogP contribution is -2.41. The molecule has 0 amide bonds. The number of sulfonamides is 1. The van der Waals surface area contributed by atoms with E-state index in [4.69, 9.17) is 14.2 Å². The van der Waals surface area contributed by atoms with Crippen LogP contribution in [-0.2, 0) is 10.0 Å². The third-order valence-electron chi connectivity index (χ3n) is 3.33. The summed E-state index contributed by atoms with van der Waals surface area (Å²) in [5.41, 5.74) is -0.525. The summed E-state index contributed by atoms with van der Waals surface area (Å²) in [7, 11) is -0.653. The van der Waals surface area contributed by atoms with E-state index in [0.717, 1.165) is 6.26 Å². The fourth-order valence-corrected chi connectivity index (χ4v) is 3.27. The van der Waals surface area contributed by atoms with E-state index >= 15 is 0 Å². The Balaban J connectivity index is 2.64. The summed E-state index contributed by atoms with van der Waals surface area (Å²) in [6, 6.07) is 0.835. The molecule has 0 saturated heterocycles. The van der Waals surface area contributed by atoms with E-state index in [1.165, 1.54) is 14.2 Å². The Morgan fingerprint density at radius 1 is 1.33 bits per heavy atom. The maximum Gasteiger partial charge on any atom is 0.209 e. The summed E-state index contributed by atoms with van der Waals surface area (Å²) in [5, 5.41) is 10.4. The molecule has 1 atom stereocenters. The van der Waals surface area contributed by atoms with Gasteiger partial charge >= 0.3 is 0 Å². The number of aromatic hydroxyl groups is 1. The van der Waals surface area contributed by atoms with Crippen LogP contribution in [0.4, 0.5) is 0 Å². The maximum atomic E-state index is 11.6. The molecule has 0 spiro atoms. The van der Waals surface area contributed by atoms with Crippen molar-refractivity contribution in [2.75, 3.05) is 20.5 Å². The van der Waals surface area contributed by atoms with Gasteiger partial charge in [-0.15, -0.1) is 0 Å². The summed E-state index contributed by atoms with van der Waals surface area (Å²) in [6.07, 6.45) is 1.05. The molecule has 0 fully saturated rings. The topological polar surface area (TPSA) is 94.1 Å². The largest absolute Gasteiger partial charge is 0.504 e. The average Bonchev–Trinajstić information content (AvgIpc) is 2.58. The number of hydrogen-bond acceptors (Lipinski definition) is 6. The Morgan fingerprint density at radius 2 is 1.95 bits per heavy atom. The van der Waals surface area contributed by atoms with Gasteiger partial charge in [0.15, 0.2) is 11.5 Å². The second-order valence-electron chi connectivity index (χ2n) is 5.40. The molecule has 1 aromatic rings. The molecule has 1 heterocycles. The zero-order valence-corrected chi connectivity index (χ0v) is 13.4. The molecule has 118 valence electrons. The highest BCUT2D eigenvalue weighted by Crippen LogP contribution is 2.54. The number of rotatable bonds is 4. The van der Waals surface area contributed by atoms with Crippen LogP contribution < -0.4 is 18.9 Å². The summed E-state index contributed by atoms with van der Waals surface area (Å²) >= 11 is 0. The molecule has 2 N–H and O–H groups in total. The Hall–Kier alpha value is -1.67. The standard InChI is InChI=1S/C13H19NO6S/c1-13(2)12(14-21(5,16)17)9-7(20-13)6-8(18-3)11(19-4)10(9)15/h6,12,14-15H,1-5H3. The van der Waals surface area contributed by atoms with Gasteiger partial charge in [-0.2, -0.15) is 0 Å². The third-order valence-corrected chi connectivity index (χ3v) is 4.00. The monoisotopic (exact) mass is 317 g/mol. The Kier molecular flexibility index (Phi) is 3.71. The average molecular weight is 317 g/mol. The van der Waals surface area contributed by atoms with Crippen molar-refractivity contribution < 1.29 is 27.7 Å². The SMILES string of the molecule is COc1cc2c(c(O)c1OC)C(NS(C)(=O)=O)C(C)(C)O2. The lowest BCUT2D eigenvalue weighted by molar-refractivity contribution is 0.105. The van der Waals surface area contributed by atoms with E-state index in [1.807, 2.05) is 0 Å². The van der Waals surface area contributed by atoms with Crippen molar-refractivity contribution in [3.8, 4) is 23.0 Å². The zero-order chi connectivity index (χ0) is 16.0. The van der Waals surface area contributed by atoms with Gasteiger partial charge in [-0.05, 0) is 13.8 Å². The molecular formula is C13H19NO6S. The number of methoxy groups -OCH3 is 2. The first-order valence-electron chi connectivity index (χ1n) is 6.25. The molecular weight excluding hydrogens is 298 g/mol. The van der Waals surface area contributed by atoms with Gasteiger partial charge in [-0.3, -0.25) is 0 Å². The maximum absolute atomic E-state index is 11.6. The number of hydrogen-bond donors (Lipinski definition) is 2. The van der Waals surface area contributed by atoms with Crippen LogP contribution in [0.15, 0.2) is 6.07 Å². The molecule has 0 aliphatic carbocycles. The van der Waals surface area contributed by atoms with E-state index in [0.29, 0.717) is 17.1 Å². The predicted molar refractivity (Wildman–Crippen MR) is 76.6 cm³/mol. The van der Waals surface area contributed by atoms with E-state index in [1.54, 1.807) is 19.9 Å². The van der Waals surface area contributed by atoms with Gasteiger partial charge in [0, 0.05) is 6.07 Å². The van der Waals surface area contributed by atoms with E-state index in [2.05, 4.69) is 4.72 Å². The van der Waals surface area contributed by atoms with Crippen molar-refractivity contribution in [3.63, 3.8) is 0 Å². The highest BCUT2D eigenvalue weighted by molar-refractivity contribution is 7.88. The van der Waals surface area contributed by atoms with Crippen LogP contribution >= 0.6 is 0 Å².